The number of hydrogen-bond donors (Lipinski definition) is 2. The van der Waals surface area contributed by atoms with Crippen molar-refractivity contribution in [3.63, 3.8) is 0 Å². The lowest BCUT2D eigenvalue weighted by Gasteiger charge is -2.25. The van der Waals surface area contributed by atoms with Crippen LogP contribution in [-0.4, -0.2) is 21.6 Å². The summed E-state index contributed by atoms with van der Waals surface area (Å²) in [7, 11) is 0. The van der Waals surface area contributed by atoms with Crippen LogP contribution in [0.4, 0.5) is 5.82 Å². The summed E-state index contributed by atoms with van der Waals surface area (Å²) >= 11 is 0. The normalized spacial score (nSPS) is 13.3. The van der Waals surface area contributed by atoms with Crippen LogP contribution in [0.15, 0.2) is 67.1 Å². The van der Waals surface area contributed by atoms with Crippen LogP contribution in [0.5, 0.6) is 5.75 Å². The maximum Gasteiger partial charge on any atom is 0.127 e. The number of H-pyrrole nitrogens is 1. The number of rotatable bonds is 7. The van der Waals surface area contributed by atoms with Crippen molar-refractivity contribution < 1.29 is 4.74 Å². The summed E-state index contributed by atoms with van der Waals surface area (Å²) in [5.41, 5.74) is 10.4. The highest BCUT2D eigenvalue weighted by molar-refractivity contribution is 5.80. The first-order valence-electron chi connectivity index (χ1n) is 10.0. The topological polar surface area (TPSA) is 76.8 Å². The Morgan fingerprint density at radius 2 is 1.93 bits per heavy atom. The van der Waals surface area contributed by atoms with Crippen molar-refractivity contribution in [1.29, 1.82) is 0 Å². The summed E-state index contributed by atoms with van der Waals surface area (Å²) < 4.78 is 5.88. The number of nitrogen functional groups attached to an aromatic ring is 1. The van der Waals surface area contributed by atoms with Crippen LogP contribution in [0.25, 0.3) is 10.9 Å². The Morgan fingerprint density at radius 1 is 1.03 bits per heavy atom. The van der Waals surface area contributed by atoms with Crippen LogP contribution in [0.1, 0.15) is 48.9 Å². The average molecular weight is 386 g/mol. The molecule has 148 valence electrons. The fraction of sp³-hybridized carbons (Fsp3) is 0.250. The van der Waals surface area contributed by atoms with Crippen LogP contribution in [0, 0.1) is 0 Å². The van der Waals surface area contributed by atoms with Gasteiger partial charge in [0.15, 0.2) is 0 Å². The van der Waals surface area contributed by atoms with E-state index >= 15 is 0 Å². The monoisotopic (exact) mass is 386 g/mol. The summed E-state index contributed by atoms with van der Waals surface area (Å²) in [6, 6.07) is 18.8. The molecule has 2 unspecified atom stereocenters. The number of fused-ring (bicyclic) bond motifs is 1. The van der Waals surface area contributed by atoms with Crippen molar-refractivity contribution in [3.8, 4) is 5.75 Å². The zero-order valence-corrected chi connectivity index (χ0v) is 16.8. The Morgan fingerprint density at radius 3 is 2.76 bits per heavy atom. The lowest BCUT2D eigenvalue weighted by Crippen LogP contribution is -2.13. The van der Waals surface area contributed by atoms with Gasteiger partial charge in [-0.05, 0) is 53.1 Å². The summed E-state index contributed by atoms with van der Waals surface area (Å²) in [5.74, 6) is 1.56. The number of hydrogen-bond acceptors (Lipinski definition) is 4. The Hall–Kier alpha value is -3.34. The van der Waals surface area contributed by atoms with Crippen LogP contribution in [0.2, 0.25) is 0 Å². The second-order valence-corrected chi connectivity index (χ2v) is 7.38. The molecular formula is C24H26N4O. The number of nitrogens with zero attached hydrogens (tertiary/aromatic N) is 2. The molecule has 0 bridgehead atoms. The van der Waals surface area contributed by atoms with E-state index in [0.717, 1.165) is 28.9 Å². The van der Waals surface area contributed by atoms with Crippen molar-refractivity contribution in [2.24, 2.45) is 0 Å². The van der Waals surface area contributed by atoms with Gasteiger partial charge in [-0.25, -0.2) is 9.97 Å². The standard InChI is InChI=1S/C24H26N4O/c1-3-11-29-20-6-4-5-19(12-20)24(22-14-23(25)28-15-27-22)16(2)18-8-7-17-9-10-26-21(17)13-18/h4-10,12-16,24,26H,3,11H2,1-2H3,(H2,25,27,28). The van der Waals surface area contributed by atoms with Gasteiger partial charge in [-0.15, -0.1) is 0 Å². The molecule has 0 saturated carbocycles. The van der Waals surface area contributed by atoms with E-state index in [0.29, 0.717) is 12.4 Å². The molecule has 0 saturated heterocycles. The van der Waals surface area contributed by atoms with Gasteiger partial charge in [0.25, 0.3) is 0 Å². The van der Waals surface area contributed by atoms with E-state index < -0.39 is 0 Å². The van der Waals surface area contributed by atoms with Crippen molar-refractivity contribution in [2.75, 3.05) is 12.3 Å². The van der Waals surface area contributed by atoms with Gasteiger partial charge >= 0.3 is 0 Å². The molecular weight excluding hydrogens is 360 g/mol. The van der Waals surface area contributed by atoms with E-state index in [1.165, 1.54) is 17.3 Å². The van der Waals surface area contributed by atoms with E-state index in [9.17, 15) is 0 Å². The quantitative estimate of drug-likeness (QED) is 0.454. The molecule has 4 rings (SSSR count). The van der Waals surface area contributed by atoms with Crippen LogP contribution < -0.4 is 10.5 Å². The molecule has 2 heterocycles. The highest BCUT2D eigenvalue weighted by Crippen LogP contribution is 2.39. The minimum atomic E-state index is 0.0258. The molecule has 0 spiro atoms. The predicted molar refractivity (Wildman–Crippen MR) is 117 cm³/mol. The van der Waals surface area contributed by atoms with E-state index in [1.807, 2.05) is 24.4 Å². The third kappa shape index (κ3) is 4.09. The molecule has 5 heteroatoms. The average Bonchev–Trinajstić information content (AvgIpc) is 3.21. The first kappa shape index (κ1) is 19.0. The zero-order valence-electron chi connectivity index (χ0n) is 16.8. The van der Waals surface area contributed by atoms with Gasteiger partial charge in [0.1, 0.15) is 17.9 Å². The largest absolute Gasteiger partial charge is 0.494 e. The molecule has 3 N–H and O–H groups in total. The molecule has 0 aliphatic carbocycles. The van der Waals surface area contributed by atoms with Gasteiger partial charge in [0.2, 0.25) is 0 Å². The summed E-state index contributed by atoms with van der Waals surface area (Å²) in [6.45, 7) is 5.04. The van der Waals surface area contributed by atoms with Gasteiger partial charge < -0.3 is 15.5 Å². The van der Waals surface area contributed by atoms with Gasteiger partial charge in [0.05, 0.1) is 12.3 Å². The predicted octanol–water partition coefficient (Wildman–Crippen LogP) is 5.26. The Bertz CT molecular complexity index is 1100. The number of nitrogens with one attached hydrogen (secondary N) is 1. The van der Waals surface area contributed by atoms with Crippen LogP contribution >= 0.6 is 0 Å². The molecule has 2 aromatic carbocycles. The third-order valence-electron chi connectivity index (χ3n) is 5.32. The highest BCUT2D eigenvalue weighted by atomic mass is 16.5. The molecule has 4 aromatic rings. The van der Waals surface area contributed by atoms with Crippen molar-refractivity contribution in [2.45, 2.75) is 32.1 Å². The Labute approximate surface area is 171 Å². The molecule has 2 aromatic heterocycles. The minimum absolute atomic E-state index is 0.0258. The highest BCUT2D eigenvalue weighted by Gasteiger charge is 2.25. The fourth-order valence-electron chi connectivity index (χ4n) is 3.83. The van der Waals surface area contributed by atoms with Gasteiger partial charge in [0, 0.05) is 23.7 Å². The number of nitrogens with two attached hydrogens (primary N) is 1. The van der Waals surface area contributed by atoms with E-state index in [2.05, 4.69) is 65.2 Å². The number of anilines is 1. The lowest BCUT2D eigenvalue weighted by atomic mass is 9.80. The summed E-state index contributed by atoms with van der Waals surface area (Å²) in [4.78, 5) is 12.0. The second-order valence-electron chi connectivity index (χ2n) is 7.38. The Balaban J connectivity index is 1.77. The van der Waals surface area contributed by atoms with E-state index in [4.69, 9.17) is 10.5 Å². The molecule has 0 fully saturated rings. The first-order valence-corrected chi connectivity index (χ1v) is 10.0. The fourth-order valence-corrected chi connectivity index (χ4v) is 3.83. The van der Waals surface area contributed by atoms with Crippen LogP contribution in [-0.2, 0) is 0 Å². The maximum atomic E-state index is 5.99. The summed E-state index contributed by atoms with van der Waals surface area (Å²) in [5, 5.41) is 1.21. The number of aromatic nitrogens is 3. The smallest absolute Gasteiger partial charge is 0.127 e. The van der Waals surface area contributed by atoms with Crippen molar-refractivity contribution >= 4 is 16.7 Å². The molecule has 0 aliphatic rings. The summed E-state index contributed by atoms with van der Waals surface area (Å²) in [6.07, 6.45) is 4.48. The molecule has 0 amide bonds. The molecule has 29 heavy (non-hydrogen) atoms. The molecule has 5 nitrogen and oxygen atoms in total. The van der Waals surface area contributed by atoms with Gasteiger partial charge in [-0.1, -0.05) is 38.1 Å². The van der Waals surface area contributed by atoms with E-state index in [1.54, 1.807) is 0 Å². The second kappa shape index (κ2) is 8.35. The van der Waals surface area contributed by atoms with Crippen molar-refractivity contribution in [3.05, 3.63) is 83.9 Å². The number of benzene rings is 2. The SMILES string of the molecule is CCCOc1cccc(C(c2cc(N)ncn2)C(C)c2ccc3cc[nH]c3c2)c1. The maximum absolute atomic E-state index is 5.99. The number of aromatic amines is 1. The lowest BCUT2D eigenvalue weighted by molar-refractivity contribution is 0.317. The molecule has 2 atom stereocenters. The third-order valence-corrected chi connectivity index (χ3v) is 5.32. The van der Waals surface area contributed by atoms with Crippen molar-refractivity contribution in [1.82, 2.24) is 15.0 Å². The number of ether oxygens (including phenoxy) is 1. The zero-order chi connectivity index (χ0) is 20.2. The van der Waals surface area contributed by atoms with Gasteiger partial charge in [-0.2, -0.15) is 0 Å². The van der Waals surface area contributed by atoms with E-state index in [-0.39, 0.29) is 11.8 Å². The molecule has 0 aliphatic heterocycles. The minimum Gasteiger partial charge on any atom is -0.494 e. The molecule has 0 radical (unpaired) electrons. The van der Waals surface area contributed by atoms with Gasteiger partial charge in [-0.3, -0.25) is 0 Å². The Kier molecular flexibility index (Phi) is 5.47. The first-order chi connectivity index (χ1) is 14.2. The van der Waals surface area contributed by atoms with Crippen LogP contribution in [0.3, 0.4) is 0 Å².